The van der Waals surface area contributed by atoms with Crippen molar-refractivity contribution in [3.8, 4) is 0 Å². The van der Waals surface area contributed by atoms with Crippen molar-refractivity contribution >= 4 is 34.6 Å². The predicted molar refractivity (Wildman–Crippen MR) is 125 cm³/mol. The van der Waals surface area contributed by atoms with Gasteiger partial charge < -0.3 is 14.7 Å². The summed E-state index contributed by atoms with van der Waals surface area (Å²) in [6, 6.07) is 12.9. The fourth-order valence-corrected chi connectivity index (χ4v) is 5.14. The number of para-hydroxylation sites is 1. The first kappa shape index (κ1) is 22.7. The monoisotopic (exact) mass is 461 g/mol. The molecule has 0 aliphatic carbocycles. The van der Waals surface area contributed by atoms with E-state index < -0.39 is 11.7 Å². The number of anilines is 2. The number of amides is 1. The zero-order valence-corrected chi connectivity index (χ0v) is 19.0. The maximum absolute atomic E-state index is 13.4. The molecule has 4 rings (SSSR count). The number of carbonyl (C=O) groups is 1. The number of alkyl halides is 3. The standard InChI is InChI=1S/C24H26F3N3OS/c1-17(20-5-3-4-6-21(20)29-13-11-28(2)12-14-29)22-23(31)30(15-16-32-22)19-9-7-18(8-10-19)24(25,26)27/h3-10H,11-16H2,1-2H3/b22-17-. The van der Waals surface area contributed by atoms with Crippen molar-refractivity contribution in [1.29, 1.82) is 0 Å². The Balaban J connectivity index is 1.63. The Morgan fingerprint density at radius 3 is 2.25 bits per heavy atom. The summed E-state index contributed by atoms with van der Waals surface area (Å²) in [4.78, 5) is 20.2. The van der Waals surface area contributed by atoms with Crippen LogP contribution in [0.2, 0.25) is 0 Å². The van der Waals surface area contributed by atoms with Crippen molar-refractivity contribution in [2.75, 3.05) is 55.3 Å². The number of hydrogen-bond donors (Lipinski definition) is 0. The van der Waals surface area contributed by atoms with Gasteiger partial charge in [-0.15, -0.1) is 11.8 Å². The summed E-state index contributed by atoms with van der Waals surface area (Å²) in [7, 11) is 2.11. The maximum Gasteiger partial charge on any atom is 0.416 e. The molecule has 2 aliphatic heterocycles. The lowest BCUT2D eigenvalue weighted by Gasteiger charge is -2.35. The van der Waals surface area contributed by atoms with Crippen LogP contribution in [-0.2, 0) is 11.0 Å². The van der Waals surface area contributed by atoms with Gasteiger partial charge in [-0.25, -0.2) is 0 Å². The van der Waals surface area contributed by atoms with Gasteiger partial charge in [0, 0.05) is 55.4 Å². The molecule has 0 spiro atoms. The van der Waals surface area contributed by atoms with Crippen LogP contribution in [0.25, 0.3) is 5.57 Å². The molecule has 8 heteroatoms. The molecular weight excluding hydrogens is 435 g/mol. The highest BCUT2D eigenvalue weighted by Gasteiger charge is 2.32. The van der Waals surface area contributed by atoms with Gasteiger partial charge in [-0.2, -0.15) is 13.2 Å². The van der Waals surface area contributed by atoms with Gasteiger partial charge in [0.15, 0.2) is 0 Å². The van der Waals surface area contributed by atoms with E-state index >= 15 is 0 Å². The van der Waals surface area contributed by atoms with Crippen molar-refractivity contribution in [2.45, 2.75) is 13.1 Å². The topological polar surface area (TPSA) is 26.8 Å². The Morgan fingerprint density at radius 2 is 1.59 bits per heavy atom. The summed E-state index contributed by atoms with van der Waals surface area (Å²) in [5.41, 5.74) is 2.83. The number of halogens is 3. The number of likely N-dealkylation sites (N-methyl/N-ethyl adjacent to an activating group) is 1. The van der Waals surface area contributed by atoms with E-state index in [1.54, 1.807) is 4.90 Å². The summed E-state index contributed by atoms with van der Waals surface area (Å²) in [6.45, 7) is 6.25. The number of rotatable bonds is 3. The molecule has 2 heterocycles. The second kappa shape index (κ2) is 9.19. The lowest BCUT2D eigenvalue weighted by Crippen LogP contribution is -2.44. The van der Waals surface area contributed by atoms with E-state index in [0.29, 0.717) is 22.9 Å². The van der Waals surface area contributed by atoms with Gasteiger partial charge in [0.05, 0.1) is 10.5 Å². The average molecular weight is 462 g/mol. The molecule has 4 nitrogen and oxygen atoms in total. The number of piperazine rings is 1. The molecule has 0 unspecified atom stereocenters. The summed E-state index contributed by atoms with van der Waals surface area (Å²) >= 11 is 1.52. The molecule has 0 radical (unpaired) electrons. The van der Waals surface area contributed by atoms with Crippen LogP contribution in [0.3, 0.4) is 0 Å². The molecule has 2 aliphatic rings. The summed E-state index contributed by atoms with van der Waals surface area (Å²) < 4.78 is 38.7. The molecule has 0 aromatic heterocycles. The van der Waals surface area contributed by atoms with Crippen LogP contribution in [0.1, 0.15) is 18.1 Å². The minimum Gasteiger partial charge on any atom is -0.368 e. The van der Waals surface area contributed by atoms with E-state index in [-0.39, 0.29) is 5.91 Å². The van der Waals surface area contributed by atoms with Crippen molar-refractivity contribution in [3.63, 3.8) is 0 Å². The fourth-order valence-electron chi connectivity index (χ4n) is 4.11. The lowest BCUT2D eigenvalue weighted by molar-refractivity contribution is -0.137. The van der Waals surface area contributed by atoms with Gasteiger partial charge in [0.2, 0.25) is 0 Å². The molecule has 0 N–H and O–H groups in total. The number of thioether (sulfide) groups is 1. The highest BCUT2D eigenvalue weighted by Crippen LogP contribution is 2.38. The van der Waals surface area contributed by atoms with E-state index in [1.807, 2.05) is 25.1 Å². The van der Waals surface area contributed by atoms with Crippen LogP contribution in [0.15, 0.2) is 53.4 Å². The first-order valence-corrected chi connectivity index (χ1v) is 11.6. The number of carbonyl (C=O) groups excluding carboxylic acids is 1. The van der Waals surface area contributed by atoms with E-state index in [4.69, 9.17) is 0 Å². The number of nitrogens with zero attached hydrogens (tertiary/aromatic N) is 3. The Morgan fingerprint density at radius 1 is 0.938 bits per heavy atom. The average Bonchev–Trinajstić information content (AvgIpc) is 2.79. The Bertz CT molecular complexity index is 1010. The third-order valence-electron chi connectivity index (χ3n) is 6.00. The summed E-state index contributed by atoms with van der Waals surface area (Å²) in [5.74, 6) is 0.530. The highest BCUT2D eigenvalue weighted by molar-refractivity contribution is 8.04. The van der Waals surface area contributed by atoms with Gasteiger partial charge in [0.1, 0.15) is 0 Å². The van der Waals surface area contributed by atoms with Crippen LogP contribution < -0.4 is 9.80 Å². The van der Waals surface area contributed by atoms with Crippen molar-refractivity contribution in [1.82, 2.24) is 4.90 Å². The lowest BCUT2D eigenvalue weighted by atomic mass is 10.0. The molecule has 2 saturated heterocycles. The van der Waals surface area contributed by atoms with Gasteiger partial charge >= 0.3 is 6.18 Å². The SMILES string of the molecule is C/C(=C1/SCCN(c2ccc(C(F)(F)F)cc2)C1=O)c1ccccc1N1CCN(C)CC1. The minimum absolute atomic E-state index is 0.160. The molecule has 2 fully saturated rings. The zero-order chi connectivity index (χ0) is 22.9. The van der Waals surface area contributed by atoms with Gasteiger partial charge in [0.25, 0.3) is 5.91 Å². The molecule has 170 valence electrons. The molecule has 2 aromatic rings. The van der Waals surface area contributed by atoms with Gasteiger partial charge in [-0.1, -0.05) is 18.2 Å². The predicted octanol–water partition coefficient (Wildman–Crippen LogP) is 4.97. The van der Waals surface area contributed by atoms with Crippen LogP contribution in [-0.4, -0.2) is 56.3 Å². The highest BCUT2D eigenvalue weighted by atomic mass is 32.2. The second-order valence-corrected chi connectivity index (χ2v) is 9.22. The van der Waals surface area contributed by atoms with Crippen LogP contribution in [0.4, 0.5) is 24.5 Å². The van der Waals surface area contributed by atoms with E-state index in [2.05, 4.69) is 22.9 Å². The van der Waals surface area contributed by atoms with Gasteiger partial charge in [-0.3, -0.25) is 4.79 Å². The fraction of sp³-hybridized carbons (Fsp3) is 0.375. The molecule has 32 heavy (non-hydrogen) atoms. The zero-order valence-electron chi connectivity index (χ0n) is 18.2. The molecule has 1 amide bonds. The Hall–Kier alpha value is -2.45. The molecule has 0 bridgehead atoms. The third kappa shape index (κ3) is 4.66. The number of hydrogen-bond acceptors (Lipinski definition) is 4. The Kier molecular flexibility index (Phi) is 6.53. The van der Waals surface area contributed by atoms with Crippen LogP contribution in [0, 0.1) is 0 Å². The van der Waals surface area contributed by atoms with E-state index in [0.717, 1.165) is 55.1 Å². The first-order valence-electron chi connectivity index (χ1n) is 10.6. The summed E-state index contributed by atoms with van der Waals surface area (Å²) in [5, 5.41) is 0. The molecule has 0 atom stereocenters. The number of benzene rings is 2. The van der Waals surface area contributed by atoms with Crippen LogP contribution >= 0.6 is 11.8 Å². The second-order valence-electron chi connectivity index (χ2n) is 8.11. The van der Waals surface area contributed by atoms with Crippen molar-refractivity contribution < 1.29 is 18.0 Å². The largest absolute Gasteiger partial charge is 0.416 e. The molecule has 2 aromatic carbocycles. The molecule has 0 saturated carbocycles. The van der Waals surface area contributed by atoms with E-state index in [9.17, 15) is 18.0 Å². The summed E-state index contributed by atoms with van der Waals surface area (Å²) in [6.07, 6.45) is -4.39. The maximum atomic E-state index is 13.4. The quantitative estimate of drug-likeness (QED) is 0.604. The molecular formula is C24H26F3N3OS. The van der Waals surface area contributed by atoms with E-state index in [1.165, 1.54) is 23.9 Å². The number of allylic oxidation sites excluding steroid dienone is 1. The third-order valence-corrected chi connectivity index (χ3v) is 7.16. The van der Waals surface area contributed by atoms with Gasteiger partial charge in [-0.05, 0) is 49.9 Å². The Labute approximate surface area is 190 Å². The van der Waals surface area contributed by atoms with Crippen molar-refractivity contribution in [2.24, 2.45) is 0 Å². The van der Waals surface area contributed by atoms with Crippen molar-refractivity contribution in [3.05, 3.63) is 64.6 Å². The van der Waals surface area contributed by atoms with Crippen LogP contribution in [0.5, 0.6) is 0 Å². The normalized spacial score (nSPS) is 20.0. The minimum atomic E-state index is -4.39. The first-order chi connectivity index (χ1) is 15.3. The smallest absolute Gasteiger partial charge is 0.368 e.